The third kappa shape index (κ3) is 4.23. The number of rotatable bonds is 8. The van der Waals surface area contributed by atoms with Crippen molar-refractivity contribution in [2.75, 3.05) is 32.6 Å². The number of nitrogens with zero attached hydrogens (tertiary/aromatic N) is 2. The van der Waals surface area contributed by atoms with Crippen LogP contribution in [0, 0.1) is 11.6 Å². The van der Waals surface area contributed by atoms with E-state index in [1.807, 2.05) is 28.9 Å². The van der Waals surface area contributed by atoms with Crippen molar-refractivity contribution >= 4 is 51.5 Å². The monoisotopic (exact) mass is 487 g/mol. The molecule has 4 N–H and O–H groups in total. The SMILES string of the molecule is CC(=O)c1c(N)c(F)c(NCCNc2ccccn2)c(F)c1N(I)C1CC1. The Morgan fingerprint density at radius 3 is 2.59 bits per heavy atom. The van der Waals surface area contributed by atoms with Gasteiger partial charge in [0, 0.05) is 25.3 Å². The number of carbonyl (C=O) groups excluding carboxylic acids is 1. The fraction of sp³-hybridized carbons (Fsp3) is 0.333. The van der Waals surface area contributed by atoms with E-state index in [-0.39, 0.29) is 35.2 Å². The summed E-state index contributed by atoms with van der Waals surface area (Å²) >= 11 is 1.96. The predicted octanol–water partition coefficient (Wildman–Crippen LogP) is 3.99. The van der Waals surface area contributed by atoms with Crippen molar-refractivity contribution in [2.45, 2.75) is 25.8 Å². The van der Waals surface area contributed by atoms with Crippen LogP contribution in [-0.2, 0) is 0 Å². The first-order valence-corrected chi connectivity index (χ1v) is 9.53. The number of nitrogens with two attached hydrogens (primary N) is 1. The number of hydrogen-bond acceptors (Lipinski definition) is 6. The molecule has 0 unspecified atom stereocenters. The second-order valence-electron chi connectivity index (χ2n) is 6.31. The molecule has 1 heterocycles. The summed E-state index contributed by atoms with van der Waals surface area (Å²) in [5.74, 6) is -1.54. The normalized spacial score (nSPS) is 13.3. The Kier molecular flexibility index (Phi) is 5.98. The van der Waals surface area contributed by atoms with E-state index < -0.39 is 17.4 Å². The van der Waals surface area contributed by atoms with E-state index in [1.165, 1.54) is 6.92 Å². The fourth-order valence-corrected chi connectivity index (χ4v) is 3.75. The first-order valence-electron chi connectivity index (χ1n) is 8.57. The van der Waals surface area contributed by atoms with Crippen molar-refractivity contribution in [3.05, 3.63) is 41.6 Å². The third-order valence-corrected chi connectivity index (χ3v) is 5.49. The molecule has 144 valence electrons. The summed E-state index contributed by atoms with van der Waals surface area (Å²) in [5, 5.41) is 5.80. The van der Waals surface area contributed by atoms with E-state index in [4.69, 9.17) is 5.73 Å². The van der Waals surface area contributed by atoms with Gasteiger partial charge < -0.3 is 19.5 Å². The molecule has 1 aliphatic carbocycles. The Hall–Kier alpha value is -2.17. The average Bonchev–Trinajstić information content (AvgIpc) is 3.49. The Morgan fingerprint density at radius 2 is 2.00 bits per heavy atom. The molecule has 9 heteroatoms. The van der Waals surface area contributed by atoms with E-state index >= 15 is 4.39 Å². The fourth-order valence-electron chi connectivity index (χ4n) is 2.74. The van der Waals surface area contributed by atoms with Crippen LogP contribution in [-0.4, -0.2) is 29.9 Å². The molecule has 0 aliphatic heterocycles. The maximum atomic E-state index is 15.1. The van der Waals surface area contributed by atoms with Gasteiger partial charge in [0.1, 0.15) is 11.5 Å². The number of hydrogen-bond donors (Lipinski definition) is 3. The number of ketones is 1. The number of pyridine rings is 1. The summed E-state index contributed by atoms with van der Waals surface area (Å²) in [7, 11) is 0. The Bertz CT molecular complexity index is 846. The number of Topliss-reactive ketones (excluding diaryl/α,β-unsaturated/α-hetero) is 1. The van der Waals surface area contributed by atoms with Gasteiger partial charge in [0.15, 0.2) is 17.4 Å². The van der Waals surface area contributed by atoms with Crippen LogP contribution >= 0.6 is 22.9 Å². The summed E-state index contributed by atoms with van der Waals surface area (Å²) in [6.45, 7) is 1.90. The highest BCUT2D eigenvalue weighted by atomic mass is 127. The molecule has 3 rings (SSSR count). The molecule has 0 radical (unpaired) electrons. The van der Waals surface area contributed by atoms with Gasteiger partial charge in [-0.25, -0.2) is 13.8 Å². The smallest absolute Gasteiger partial charge is 0.174 e. The molecule has 0 bridgehead atoms. The second kappa shape index (κ2) is 8.24. The van der Waals surface area contributed by atoms with Crippen molar-refractivity contribution in [2.24, 2.45) is 0 Å². The number of nitrogen functional groups attached to an aromatic ring is 1. The quantitative estimate of drug-likeness (QED) is 0.172. The van der Waals surface area contributed by atoms with E-state index in [1.54, 1.807) is 21.4 Å². The van der Waals surface area contributed by atoms with Crippen LogP contribution in [0.15, 0.2) is 24.4 Å². The summed E-state index contributed by atoms with van der Waals surface area (Å²) in [6, 6.07) is 5.55. The molecule has 0 spiro atoms. The number of anilines is 4. The lowest BCUT2D eigenvalue weighted by Crippen LogP contribution is -2.22. The van der Waals surface area contributed by atoms with Crippen LogP contribution in [0.3, 0.4) is 0 Å². The van der Waals surface area contributed by atoms with Crippen LogP contribution in [0.5, 0.6) is 0 Å². The Labute approximate surface area is 170 Å². The number of nitrogens with one attached hydrogen (secondary N) is 2. The van der Waals surface area contributed by atoms with Crippen molar-refractivity contribution < 1.29 is 13.6 Å². The molecule has 0 atom stereocenters. The van der Waals surface area contributed by atoms with Crippen LogP contribution in [0.4, 0.5) is 31.7 Å². The van der Waals surface area contributed by atoms with Crippen molar-refractivity contribution in [3.8, 4) is 0 Å². The van der Waals surface area contributed by atoms with Gasteiger partial charge >= 0.3 is 0 Å². The first kappa shape index (κ1) is 19.6. The maximum Gasteiger partial charge on any atom is 0.174 e. The summed E-state index contributed by atoms with van der Waals surface area (Å²) < 4.78 is 31.4. The zero-order chi connectivity index (χ0) is 19.6. The topological polar surface area (TPSA) is 83.3 Å². The molecule has 6 nitrogen and oxygen atoms in total. The zero-order valence-electron chi connectivity index (χ0n) is 14.7. The standard InChI is InChI=1S/C18H20F2IN5O/c1-10(27)13-16(22)14(19)17(15(20)18(13)26(21)11-5-6-11)25-9-8-24-12-4-2-3-7-23-12/h2-4,7,11,25H,5-6,8-9,22H2,1H3,(H,23,24). The minimum absolute atomic E-state index is 0.0460. The van der Waals surface area contributed by atoms with E-state index in [9.17, 15) is 9.18 Å². The molecular formula is C18H20F2IN5O. The average molecular weight is 487 g/mol. The second-order valence-corrected chi connectivity index (χ2v) is 7.35. The Morgan fingerprint density at radius 1 is 1.30 bits per heavy atom. The minimum Gasteiger partial charge on any atom is -0.396 e. The lowest BCUT2D eigenvalue weighted by Gasteiger charge is -2.23. The molecule has 1 aromatic carbocycles. The predicted molar refractivity (Wildman–Crippen MR) is 112 cm³/mol. The lowest BCUT2D eigenvalue weighted by atomic mass is 10.0. The van der Waals surface area contributed by atoms with Crippen molar-refractivity contribution in [3.63, 3.8) is 0 Å². The van der Waals surface area contributed by atoms with Gasteiger partial charge in [-0.3, -0.25) is 4.79 Å². The molecular weight excluding hydrogens is 467 g/mol. The van der Waals surface area contributed by atoms with Gasteiger partial charge in [0.25, 0.3) is 0 Å². The zero-order valence-corrected chi connectivity index (χ0v) is 16.9. The van der Waals surface area contributed by atoms with Crippen LogP contribution < -0.4 is 19.5 Å². The van der Waals surface area contributed by atoms with E-state index in [0.29, 0.717) is 12.4 Å². The highest BCUT2D eigenvalue weighted by Crippen LogP contribution is 2.43. The number of benzene rings is 1. The molecule has 1 saturated carbocycles. The molecule has 0 amide bonds. The number of carbonyl (C=O) groups is 1. The maximum absolute atomic E-state index is 15.1. The molecule has 1 aliphatic rings. The number of aromatic nitrogens is 1. The van der Waals surface area contributed by atoms with Gasteiger partial charge in [-0.15, -0.1) is 0 Å². The van der Waals surface area contributed by atoms with Crippen LogP contribution in [0.1, 0.15) is 30.1 Å². The molecule has 2 aromatic rings. The summed E-state index contributed by atoms with van der Waals surface area (Å²) in [4.78, 5) is 16.1. The minimum atomic E-state index is -0.945. The first-order chi connectivity index (χ1) is 12.9. The van der Waals surface area contributed by atoms with Gasteiger partial charge in [0.05, 0.1) is 39.8 Å². The number of halogens is 3. The van der Waals surface area contributed by atoms with Gasteiger partial charge in [-0.2, -0.15) is 0 Å². The highest BCUT2D eigenvalue weighted by Gasteiger charge is 2.35. The summed E-state index contributed by atoms with van der Waals surface area (Å²) in [5.41, 5.74) is 5.13. The lowest BCUT2D eigenvalue weighted by molar-refractivity contribution is 0.101. The largest absolute Gasteiger partial charge is 0.396 e. The van der Waals surface area contributed by atoms with Gasteiger partial charge in [-0.1, -0.05) is 6.07 Å². The Balaban J connectivity index is 1.83. The molecule has 1 aromatic heterocycles. The summed E-state index contributed by atoms with van der Waals surface area (Å²) in [6.07, 6.45) is 3.44. The van der Waals surface area contributed by atoms with E-state index in [0.717, 1.165) is 12.8 Å². The van der Waals surface area contributed by atoms with Crippen molar-refractivity contribution in [1.82, 2.24) is 4.98 Å². The molecule has 27 heavy (non-hydrogen) atoms. The van der Waals surface area contributed by atoms with Crippen LogP contribution in [0.25, 0.3) is 0 Å². The highest BCUT2D eigenvalue weighted by molar-refractivity contribution is 14.1. The molecule has 0 saturated heterocycles. The van der Waals surface area contributed by atoms with E-state index in [2.05, 4.69) is 15.6 Å². The van der Waals surface area contributed by atoms with Gasteiger partial charge in [-0.05, 0) is 31.9 Å². The van der Waals surface area contributed by atoms with Crippen molar-refractivity contribution in [1.29, 1.82) is 0 Å². The third-order valence-electron chi connectivity index (χ3n) is 4.22. The van der Waals surface area contributed by atoms with Gasteiger partial charge in [0.2, 0.25) is 0 Å². The molecule has 1 fully saturated rings. The van der Waals surface area contributed by atoms with Crippen LogP contribution in [0.2, 0.25) is 0 Å².